The molecule has 1 amide bonds. The van der Waals surface area contributed by atoms with Crippen LogP contribution in [0.3, 0.4) is 0 Å². The van der Waals surface area contributed by atoms with Gasteiger partial charge in [0, 0.05) is 37.9 Å². The van der Waals surface area contributed by atoms with Gasteiger partial charge in [-0.2, -0.15) is 5.26 Å². The zero-order chi connectivity index (χ0) is 27.0. The Morgan fingerprint density at radius 3 is 2.50 bits per heavy atom. The molecule has 4 aliphatic rings. The van der Waals surface area contributed by atoms with Crippen LogP contribution < -0.4 is 10.9 Å². The van der Waals surface area contributed by atoms with E-state index in [9.17, 15) is 18.8 Å². The van der Waals surface area contributed by atoms with Crippen LogP contribution in [0.5, 0.6) is 0 Å². The average molecular weight is 530 g/mol. The molecular formula is C30H45F2N5O. The van der Waals surface area contributed by atoms with Gasteiger partial charge in [-0.25, -0.2) is 8.78 Å². The lowest BCUT2D eigenvalue weighted by Gasteiger charge is -2.42. The number of carbonyl (C=O) groups excluding carboxylic acids is 1. The van der Waals surface area contributed by atoms with E-state index in [0.29, 0.717) is 49.7 Å². The third kappa shape index (κ3) is 6.02. The van der Waals surface area contributed by atoms with Crippen molar-refractivity contribution in [1.29, 1.82) is 10.7 Å². The number of alkyl halides is 2. The Bertz CT molecular complexity index is 1070. The molecule has 4 aliphatic carbocycles. The molecule has 0 bridgehead atoms. The summed E-state index contributed by atoms with van der Waals surface area (Å²) in [6, 6.07) is 2.53. The highest BCUT2D eigenvalue weighted by Gasteiger charge is 2.44. The first-order valence-corrected chi connectivity index (χ1v) is 15.0. The van der Waals surface area contributed by atoms with Crippen molar-refractivity contribution in [3.05, 3.63) is 18.0 Å². The topological polar surface area (TPSA) is 86.6 Å². The Morgan fingerprint density at radius 2 is 1.84 bits per heavy atom. The van der Waals surface area contributed by atoms with Crippen molar-refractivity contribution in [2.75, 3.05) is 0 Å². The second-order valence-electron chi connectivity index (χ2n) is 13.2. The van der Waals surface area contributed by atoms with Gasteiger partial charge < -0.3 is 14.5 Å². The van der Waals surface area contributed by atoms with Crippen molar-refractivity contribution in [3.8, 4) is 6.07 Å². The average Bonchev–Trinajstić information content (AvgIpc) is 3.70. The minimum atomic E-state index is -0.902. The summed E-state index contributed by atoms with van der Waals surface area (Å²) in [5.41, 5.74) is 0.437. The Labute approximate surface area is 225 Å². The Kier molecular flexibility index (Phi) is 8.30. The van der Waals surface area contributed by atoms with E-state index in [2.05, 4.69) is 11.4 Å². The van der Waals surface area contributed by atoms with Crippen LogP contribution in [-0.4, -0.2) is 33.4 Å². The molecule has 6 nitrogen and oxygen atoms in total. The minimum absolute atomic E-state index is 0.0471. The van der Waals surface area contributed by atoms with Gasteiger partial charge in [0.2, 0.25) is 11.5 Å². The van der Waals surface area contributed by atoms with Crippen molar-refractivity contribution in [2.24, 2.45) is 54.4 Å². The summed E-state index contributed by atoms with van der Waals surface area (Å²) >= 11 is 0. The molecule has 5 rings (SSSR count). The molecule has 0 radical (unpaired) electrons. The number of rotatable bonds is 7. The molecule has 9 unspecified atom stereocenters. The van der Waals surface area contributed by atoms with Crippen LogP contribution in [0.1, 0.15) is 77.6 Å². The Morgan fingerprint density at radius 1 is 1.08 bits per heavy atom. The van der Waals surface area contributed by atoms with Gasteiger partial charge in [-0.15, -0.1) is 0 Å². The molecule has 1 heterocycles. The van der Waals surface area contributed by atoms with E-state index in [1.54, 1.807) is 4.57 Å². The van der Waals surface area contributed by atoms with Gasteiger partial charge in [0.25, 0.3) is 0 Å². The van der Waals surface area contributed by atoms with Crippen molar-refractivity contribution < 1.29 is 13.6 Å². The van der Waals surface area contributed by atoms with E-state index >= 15 is 0 Å². The fourth-order valence-corrected chi connectivity index (χ4v) is 8.09. The van der Waals surface area contributed by atoms with Crippen LogP contribution in [-0.2, 0) is 18.4 Å². The Balaban J connectivity index is 1.32. The fourth-order valence-electron chi connectivity index (χ4n) is 8.09. The number of carbonyl (C=O) groups is 1. The SMILES string of the molecule is CC1CC([C@@H](NC(=O)C2CC(Cn3ccn(C)c3=N)CC(C3CCC(F)CC3C#N)C2)C2CC2)CCC1F. The zero-order valence-electron chi connectivity index (χ0n) is 23.0. The monoisotopic (exact) mass is 529 g/mol. The lowest BCUT2D eigenvalue weighted by atomic mass is 9.63. The molecule has 1 aromatic heterocycles. The van der Waals surface area contributed by atoms with Gasteiger partial charge in [-0.3, -0.25) is 10.2 Å². The van der Waals surface area contributed by atoms with Crippen molar-refractivity contribution in [2.45, 2.75) is 102 Å². The highest BCUT2D eigenvalue weighted by Crippen LogP contribution is 2.47. The van der Waals surface area contributed by atoms with Crippen LogP contribution in [0.2, 0.25) is 0 Å². The summed E-state index contributed by atoms with van der Waals surface area (Å²) < 4.78 is 32.1. The van der Waals surface area contributed by atoms with Gasteiger partial charge in [-0.1, -0.05) is 6.92 Å². The number of amides is 1. The maximum atomic E-state index is 14.2. The van der Waals surface area contributed by atoms with Gasteiger partial charge in [0.05, 0.1) is 12.0 Å². The number of nitrogens with zero attached hydrogens (tertiary/aromatic N) is 3. The fraction of sp³-hybridized carbons (Fsp3) is 0.833. The van der Waals surface area contributed by atoms with E-state index in [-0.39, 0.29) is 47.5 Å². The van der Waals surface area contributed by atoms with Crippen LogP contribution in [0.4, 0.5) is 8.78 Å². The van der Waals surface area contributed by atoms with E-state index < -0.39 is 12.3 Å². The second-order valence-corrected chi connectivity index (χ2v) is 13.2. The van der Waals surface area contributed by atoms with E-state index in [1.807, 2.05) is 30.9 Å². The van der Waals surface area contributed by atoms with Crippen LogP contribution in [0.15, 0.2) is 12.4 Å². The highest BCUT2D eigenvalue weighted by atomic mass is 19.1. The smallest absolute Gasteiger partial charge is 0.223 e. The van der Waals surface area contributed by atoms with Crippen molar-refractivity contribution in [3.63, 3.8) is 0 Å². The molecule has 210 valence electrons. The van der Waals surface area contributed by atoms with E-state index in [1.165, 1.54) is 0 Å². The second kappa shape index (κ2) is 11.5. The number of aromatic nitrogens is 2. The number of imidazole rings is 1. The van der Waals surface area contributed by atoms with E-state index in [0.717, 1.165) is 44.9 Å². The normalized spacial score (nSPS) is 38.8. The molecule has 38 heavy (non-hydrogen) atoms. The van der Waals surface area contributed by atoms with Gasteiger partial charge in [0.15, 0.2) is 0 Å². The third-order valence-electron chi connectivity index (χ3n) is 10.4. The molecule has 0 saturated heterocycles. The minimum Gasteiger partial charge on any atom is -0.353 e. The molecular weight excluding hydrogens is 484 g/mol. The third-order valence-corrected chi connectivity index (χ3v) is 10.4. The summed E-state index contributed by atoms with van der Waals surface area (Å²) in [5, 5.41) is 21.7. The quantitative estimate of drug-likeness (QED) is 0.503. The predicted octanol–water partition coefficient (Wildman–Crippen LogP) is 5.29. The van der Waals surface area contributed by atoms with Crippen molar-refractivity contribution in [1.82, 2.24) is 14.5 Å². The van der Waals surface area contributed by atoms with Gasteiger partial charge >= 0.3 is 0 Å². The first kappa shape index (κ1) is 27.4. The largest absolute Gasteiger partial charge is 0.353 e. The van der Waals surface area contributed by atoms with Crippen molar-refractivity contribution >= 4 is 5.91 Å². The number of nitriles is 1. The summed E-state index contributed by atoms with van der Waals surface area (Å²) in [6.07, 6.45) is 10.7. The first-order valence-electron chi connectivity index (χ1n) is 15.0. The highest BCUT2D eigenvalue weighted by molar-refractivity contribution is 5.79. The standard InChI is InChI=1S/C30H45F2N5O/c1-18-11-21(5-8-27(18)32)28(20-3-4-20)35-29(38)23-13-19(17-37-10-9-36(2)30(37)34)12-22(14-23)26-7-6-25(31)15-24(26)16-33/h9-10,18-28,34H,3-8,11-15,17H2,1-2H3,(H,35,38)/t18?,19?,21?,22?,23?,24?,25?,26?,27?,28-/m0/s1. The summed E-state index contributed by atoms with van der Waals surface area (Å²) in [7, 11) is 1.86. The van der Waals surface area contributed by atoms with Gasteiger partial charge in [-0.05, 0) is 106 Å². The summed E-state index contributed by atoms with van der Waals surface area (Å²) in [5.74, 6) is 1.14. The van der Waals surface area contributed by atoms with Crippen LogP contribution in [0.25, 0.3) is 0 Å². The lowest BCUT2D eigenvalue weighted by Crippen LogP contribution is -2.48. The molecule has 8 heteroatoms. The molecule has 4 saturated carbocycles. The number of aryl methyl sites for hydroxylation is 1. The molecule has 0 aliphatic heterocycles. The zero-order valence-corrected chi connectivity index (χ0v) is 23.0. The molecule has 1 aromatic rings. The molecule has 10 atom stereocenters. The number of halogens is 2. The van der Waals surface area contributed by atoms with Crippen LogP contribution in [0, 0.1) is 64.1 Å². The maximum Gasteiger partial charge on any atom is 0.223 e. The summed E-state index contributed by atoms with van der Waals surface area (Å²) in [4.78, 5) is 13.9. The Hall–Kier alpha value is -2.17. The summed E-state index contributed by atoms with van der Waals surface area (Å²) in [6.45, 7) is 2.68. The lowest BCUT2D eigenvalue weighted by molar-refractivity contribution is -0.129. The molecule has 2 N–H and O–H groups in total. The van der Waals surface area contributed by atoms with Crippen LogP contribution >= 0.6 is 0 Å². The molecule has 0 aromatic carbocycles. The predicted molar refractivity (Wildman–Crippen MR) is 141 cm³/mol. The molecule has 4 fully saturated rings. The first-order chi connectivity index (χ1) is 18.2. The number of hydrogen-bond acceptors (Lipinski definition) is 3. The molecule has 0 spiro atoms. The van der Waals surface area contributed by atoms with Gasteiger partial charge in [0.1, 0.15) is 12.3 Å². The van der Waals surface area contributed by atoms with E-state index in [4.69, 9.17) is 5.41 Å². The number of hydrogen-bond donors (Lipinski definition) is 2. The maximum absolute atomic E-state index is 14.2. The number of nitrogens with one attached hydrogen (secondary N) is 2.